The highest BCUT2D eigenvalue weighted by Crippen LogP contribution is 2.21. The summed E-state index contributed by atoms with van der Waals surface area (Å²) in [6, 6.07) is 6.00. The lowest BCUT2D eigenvalue weighted by molar-refractivity contribution is 0.168. The molecular formula is C15H20N6O. The topological polar surface area (TPSA) is 68.4 Å². The van der Waals surface area contributed by atoms with Gasteiger partial charge in [0.1, 0.15) is 0 Å². The number of hydrogen-bond donors (Lipinski definition) is 1. The maximum absolute atomic E-state index is 11.9. The number of aromatic nitrogens is 3. The number of nitrogens with one attached hydrogen (secondary N) is 1. The summed E-state index contributed by atoms with van der Waals surface area (Å²) in [5, 5.41) is 7.43. The summed E-state index contributed by atoms with van der Waals surface area (Å²) in [5.41, 5.74) is 1.97. The molecule has 0 aromatic carbocycles. The predicted octanol–water partition coefficient (Wildman–Crippen LogP) is 1.28. The number of carbonyl (C=O) groups is 1. The van der Waals surface area contributed by atoms with Crippen molar-refractivity contribution in [1.29, 1.82) is 0 Å². The van der Waals surface area contributed by atoms with Crippen LogP contribution in [0.3, 0.4) is 0 Å². The molecule has 0 bridgehead atoms. The molecule has 1 aliphatic heterocycles. The van der Waals surface area contributed by atoms with Crippen molar-refractivity contribution in [3.05, 3.63) is 30.6 Å². The molecule has 2 aromatic rings. The molecule has 1 fully saturated rings. The minimum Gasteiger partial charge on any atom is -0.352 e. The molecule has 2 aromatic heterocycles. The second-order valence-electron chi connectivity index (χ2n) is 5.53. The summed E-state index contributed by atoms with van der Waals surface area (Å²) in [7, 11) is 3.56. The number of nitrogens with zero attached hydrogens (tertiary/aromatic N) is 5. The van der Waals surface area contributed by atoms with Crippen LogP contribution in [-0.2, 0) is 0 Å². The van der Waals surface area contributed by atoms with E-state index >= 15 is 0 Å². The summed E-state index contributed by atoms with van der Waals surface area (Å²) in [6.07, 6.45) is 3.56. The first kappa shape index (κ1) is 14.4. The van der Waals surface area contributed by atoms with E-state index in [0.29, 0.717) is 13.1 Å². The highest BCUT2D eigenvalue weighted by Gasteiger charge is 2.23. The molecule has 3 heterocycles. The number of piperazine rings is 1. The van der Waals surface area contributed by atoms with Crippen LogP contribution in [0.15, 0.2) is 30.6 Å². The lowest BCUT2D eigenvalue weighted by Crippen LogP contribution is -2.51. The monoisotopic (exact) mass is 300 g/mol. The van der Waals surface area contributed by atoms with Gasteiger partial charge in [-0.3, -0.25) is 10.1 Å². The summed E-state index contributed by atoms with van der Waals surface area (Å²) >= 11 is 0. The summed E-state index contributed by atoms with van der Waals surface area (Å²) < 4.78 is 0. The van der Waals surface area contributed by atoms with E-state index in [-0.39, 0.29) is 6.03 Å². The first-order valence-corrected chi connectivity index (χ1v) is 7.32. The Morgan fingerprint density at radius 3 is 2.68 bits per heavy atom. The standard InChI is InChI=1S/C15H20N6O/c1-19(2)15(22)21-8-6-20(7-9-21)14-10-13(17-18-14)12-4-3-5-16-11-12/h3-5,10-11H,6-9H2,1-2H3,(H,17,18). The van der Waals surface area contributed by atoms with E-state index in [1.807, 2.05) is 29.3 Å². The lowest BCUT2D eigenvalue weighted by Gasteiger charge is -2.35. The number of carbonyl (C=O) groups excluding carboxylic acids is 1. The number of anilines is 1. The van der Waals surface area contributed by atoms with Crippen molar-refractivity contribution >= 4 is 11.8 Å². The van der Waals surface area contributed by atoms with E-state index in [9.17, 15) is 4.79 Å². The zero-order valence-corrected chi connectivity index (χ0v) is 12.9. The van der Waals surface area contributed by atoms with Crippen molar-refractivity contribution in [1.82, 2.24) is 25.0 Å². The highest BCUT2D eigenvalue weighted by molar-refractivity contribution is 5.74. The number of pyridine rings is 1. The Balaban J connectivity index is 1.65. The summed E-state index contributed by atoms with van der Waals surface area (Å²) in [4.78, 5) is 21.7. The van der Waals surface area contributed by atoms with E-state index in [2.05, 4.69) is 20.1 Å². The van der Waals surface area contributed by atoms with Gasteiger partial charge in [-0.15, -0.1) is 0 Å². The minimum atomic E-state index is 0.0673. The molecule has 0 aliphatic carbocycles. The molecule has 22 heavy (non-hydrogen) atoms. The van der Waals surface area contributed by atoms with Gasteiger partial charge in [0.2, 0.25) is 0 Å². The zero-order valence-electron chi connectivity index (χ0n) is 12.9. The predicted molar refractivity (Wildman–Crippen MR) is 84.7 cm³/mol. The number of aromatic amines is 1. The van der Waals surface area contributed by atoms with Gasteiger partial charge < -0.3 is 14.7 Å². The molecular weight excluding hydrogens is 280 g/mol. The quantitative estimate of drug-likeness (QED) is 0.907. The smallest absolute Gasteiger partial charge is 0.319 e. The molecule has 0 saturated carbocycles. The number of H-pyrrole nitrogens is 1. The maximum Gasteiger partial charge on any atom is 0.319 e. The third kappa shape index (κ3) is 2.88. The fourth-order valence-electron chi connectivity index (χ4n) is 2.55. The van der Waals surface area contributed by atoms with E-state index in [4.69, 9.17) is 0 Å². The Bertz CT molecular complexity index is 630. The van der Waals surface area contributed by atoms with Crippen LogP contribution in [0.1, 0.15) is 0 Å². The SMILES string of the molecule is CN(C)C(=O)N1CCN(c2cc(-c3cccnc3)[nH]n2)CC1. The van der Waals surface area contributed by atoms with Crippen molar-refractivity contribution in [3.8, 4) is 11.3 Å². The Labute approximate surface area is 129 Å². The van der Waals surface area contributed by atoms with Gasteiger partial charge in [-0.05, 0) is 12.1 Å². The van der Waals surface area contributed by atoms with Crippen LogP contribution in [0.2, 0.25) is 0 Å². The third-order valence-electron chi connectivity index (χ3n) is 3.79. The molecule has 1 saturated heterocycles. The van der Waals surface area contributed by atoms with Gasteiger partial charge in [0.25, 0.3) is 0 Å². The van der Waals surface area contributed by atoms with Crippen LogP contribution in [-0.4, -0.2) is 71.3 Å². The molecule has 7 nitrogen and oxygen atoms in total. The second kappa shape index (κ2) is 6.05. The molecule has 0 unspecified atom stereocenters. The first-order chi connectivity index (χ1) is 10.6. The van der Waals surface area contributed by atoms with E-state index < -0.39 is 0 Å². The van der Waals surface area contributed by atoms with Crippen LogP contribution in [0.25, 0.3) is 11.3 Å². The first-order valence-electron chi connectivity index (χ1n) is 7.32. The summed E-state index contributed by atoms with van der Waals surface area (Å²) in [6.45, 7) is 3.01. The van der Waals surface area contributed by atoms with Gasteiger partial charge >= 0.3 is 6.03 Å². The Morgan fingerprint density at radius 2 is 2.05 bits per heavy atom. The van der Waals surface area contributed by atoms with Gasteiger partial charge in [-0.25, -0.2) is 4.79 Å². The lowest BCUT2D eigenvalue weighted by atomic mass is 10.2. The van der Waals surface area contributed by atoms with Gasteiger partial charge in [0, 0.05) is 64.3 Å². The average molecular weight is 300 g/mol. The number of amides is 2. The van der Waals surface area contributed by atoms with Gasteiger partial charge in [0.05, 0.1) is 5.69 Å². The molecule has 2 amide bonds. The zero-order chi connectivity index (χ0) is 15.5. The number of rotatable bonds is 2. The van der Waals surface area contributed by atoms with Crippen LogP contribution < -0.4 is 4.90 Å². The molecule has 0 atom stereocenters. The Morgan fingerprint density at radius 1 is 1.27 bits per heavy atom. The molecule has 3 rings (SSSR count). The Kier molecular flexibility index (Phi) is 3.95. The van der Waals surface area contributed by atoms with Gasteiger partial charge in [0.15, 0.2) is 5.82 Å². The highest BCUT2D eigenvalue weighted by atomic mass is 16.2. The Hall–Kier alpha value is -2.57. The fraction of sp³-hybridized carbons (Fsp3) is 0.400. The van der Waals surface area contributed by atoms with Crippen molar-refractivity contribution in [2.75, 3.05) is 45.2 Å². The normalized spacial score (nSPS) is 15.0. The van der Waals surface area contributed by atoms with Crippen LogP contribution in [0.4, 0.5) is 10.6 Å². The van der Waals surface area contributed by atoms with E-state index in [1.165, 1.54) is 0 Å². The number of urea groups is 1. The molecule has 116 valence electrons. The third-order valence-corrected chi connectivity index (χ3v) is 3.79. The minimum absolute atomic E-state index is 0.0673. The van der Waals surface area contributed by atoms with Crippen molar-refractivity contribution in [2.24, 2.45) is 0 Å². The van der Waals surface area contributed by atoms with Gasteiger partial charge in [-0.1, -0.05) is 0 Å². The fourth-order valence-corrected chi connectivity index (χ4v) is 2.55. The number of hydrogen-bond acceptors (Lipinski definition) is 4. The van der Waals surface area contributed by atoms with Gasteiger partial charge in [-0.2, -0.15) is 5.10 Å². The summed E-state index contributed by atoms with van der Waals surface area (Å²) in [5.74, 6) is 0.913. The van der Waals surface area contributed by atoms with Crippen LogP contribution >= 0.6 is 0 Å². The average Bonchev–Trinajstić information content (AvgIpc) is 3.05. The van der Waals surface area contributed by atoms with Crippen molar-refractivity contribution in [2.45, 2.75) is 0 Å². The molecule has 1 aliphatic rings. The molecule has 1 N–H and O–H groups in total. The molecule has 0 radical (unpaired) electrons. The largest absolute Gasteiger partial charge is 0.352 e. The van der Waals surface area contributed by atoms with Crippen molar-refractivity contribution < 1.29 is 4.79 Å². The maximum atomic E-state index is 11.9. The van der Waals surface area contributed by atoms with Crippen molar-refractivity contribution in [3.63, 3.8) is 0 Å². The van der Waals surface area contributed by atoms with Crippen LogP contribution in [0, 0.1) is 0 Å². The molecule has 7 heteroatoms. The molecule has 0 spiro atoms. The van der Waals surface area contributed by atoms with Crippen LogP contribution in [0.5, 0.6) is 0 Å². The van der Waals surface area contributed by atoms with E-state index in [1.54, 1.807) is 25.2 Å². The van der Waals surface area contributed by atoms with E-state index in [0.717, 1.165) is 30.2 Å². The second-order valence-corrected chi connectivity index (χ2v) is 5.53.